The Morgan fingerprint density at radius 2 is 2.06 bits per heavy atom. The van der Waals surface area contributed by atoms with Crippen LogP contribution in [0.1, 0.15) is 11.6 Å². The van der Waals surface area contributed by atoms with E-state index in [2.05, 4.69) is 4.74 Å². The molecule has 0 saturated heterocycles. The Morgan fingerprint density at radius 3 is 2.62 bits per heavy atom. The van der Waals surface area contributed by atoms with Crippen molar-refractivity contribution in [2.24, 2.45) is 5.73 Å². The molecule has 0 aliphatic rings. The summed E-state index contributed by atoms with van der Waals surface area (Å²) in [6.07, 6.45) is -4.69. The lowest BCUT2D eigenvalue weighted by Gasteiger charge is -2.13. The summed E-state index contributed by atoms with van der Waals surface area (Å²) in [6, 6.07) is 5.06. The highest BCUT2D eigenvalue weighted by molar-refractivity contribution is 5.30. The van der Waals surface area contributed by atoms with Gasteiger partial charge in [0.05, 0.1) is 12.6 Å². The molecule has 3 nitrogen and oxygen atoms in total. The highest BCUT2D eigenvalue weighted by atomic mass is 19.4. The van der Waals surface area contributed by atoms with Gasteiger partial charge >= 0.3 is 6.36 Å². The Balaban J connectivity index is 2.78. The largest absolute Gasteiger partial charge is 0.573 e. The fourth-order valence-electron chi connectivity index (χ4n) is 1.22. The maximum Gasteiger partial charge on any atom is 0.573 e. The van der Waals surface area contributed by atoms with Gasteiger partial charge in [0.2, 0.25) is 0 Å². The Kier molecular flexibility index (Phi) is 4.14. The van der Waals surface area contributed by atoms with E-state index in [-0.39, 0.29) is 12.4 Å². The summed E-state index contributed by atoms with van der Waals surface area (Å²) >= 11 is 0. The first kappa shape index (κ1) is 12.8. The summed E-state index contributed by atoms with van der Waals surface area (Å²) in [4.78, 5) is 0. The van der Waals surface area contributed by atoms with Gasteiger partial charge in [-0.3, -0.25) is 0 Å². The summed E-state index contributed by atoms with van der Waals surface area (Å²) in [5, 5.41) is 0. The Hall–Kier alpha value is -1.27. The number of hydrogen-bond donors (Lipinski definition) is 1. The number of ether oxygens (including phenoxy) is 2. The Morgan fingerprint density at radius 1 is 1.38 bits per heavy atom. The molecule has 0 spiro atoms. The van der Waals surface area contributed by atoms with Crippen LogP contribution in [0.5, 0.6) is 5.75 Å². The van der Waals surface area contributed by atoms with Crippen LogP contribution in [0.3, 0.4) is 0 Å². The number of methoxy groups -OCH3 is 1. The number of nitrogens with two attached hydrogens (primary N) is 1. The van der Waals surface area contributed by atoms with Gasteiger partial charge in [-0.2, -0.15) is 0 Å². The number of hydrogen-bond acceptors (Lipinski definition) is 3. The Bertz CT molecular complexity index is 341. The molecule has 0 radical (unpaired) electrons. The van der Waals surface area contributed by atoms with Gasteiger partial charge in [0.25, 0.3) is 0 Å². The van der Waals surface area contributed by atoms with Crippen LogP contribution in [0.15, 0.2) is 24.3 Å². The molecule has 1 aromatic carbocycles. The first-order valence-corrected chi connectivity index (χ1v) is 4.52. The van der Waals surface area contributed by atoms with Gasteiger partial charge in [-0.1, -0.05) is 12.1 Å². The average molecular weight is 235 g/mol. The maximum atomic E-state index is 11.9. The minimum absolute atomic E-state index is 0.232. The van der Waals surface area contributed by atoms with Gasteiger partial charge in [0.1, 0.15) is 5.75 Å². The molecule has 0 heterocycles. The van der Waals surface area contributed by atoms with Crippen LogP contribution in [0.4, 0.5) is 13.2 Å². The summed E-state index contributed by atoms with van der Waals surface area (Å²) in [5.41, 5.74) is 6.21. The SMILES string of the molecule is COC[C@@H](N)c1cccc(OC(F)(F)F)c1. The minimum atomic E-state index is -4.69. The van der Waals surface area contributed by atoms with E-state index in [1.165, 1.54) is 25.3 Å². The second-order valence-electron chi connectivity index (χ2n) is 3.18. The molecule has 6 heteroatoms. The van der Waals surface area contributed by atoms with Crippen molar-refractivity contribution in [3.05, 3.63) is 29.8 Å². The van der Waals surface area contributed by atoms with Crippen LogP contribution < -0.4 is 10.5 Å². The van der Waals surface area contributed by atoms with Crippen LogP contribution >= 0.6 is 0 Å². The van der Waals surface area contributed by atoms with Gasteiger partial charge in [-0.15, -0.1) is 13.2 Å². The minimum Gasteiger partial charge on any atom is -0.406 e. The number of rotatable bonds is 4. The lowest BCUT2D eigenvalue weighted by Crippen LogP contribution is -2.19. The van der Waals surface area contributed by atoms with E-state index in [9.17, 15) is 13.2 Å². The van der Waals surface area contributed by atoms with Gasteiger partial charge in [0, 0.05) is 7.11 Å². The summed E-state index contributed by atoms with van der Waals surface area (Å²) in [5.74, 6) is -0.281. The van der Waals surface area contributed by atoms with Crippen molar-refractivity contribution in [1.29, 1.82) is 0 Å². The number of alkyl halides is 3. The third-order valence-electron chi connectivity index (χ3n) is 1.87. The standard InChI is InChI=1S/C10H12F3NO2/c1-15-6-9(14)7-3-2-4-8(5-7)16-10(11,12)13/h2-5,9H,6,14H2,1H3/t9-/m1/s1. The normalized spacial score (nSPS) is 13.6. The molecule has 16 heavy (non-hydrogen) atoms. The zero-order valence-corrected chi connectivity index (χ0v) is 8.62. The van der Waals surface area contributed by atoms with Gasteiger partial charge < -0.3 is 15.2 Å². The fraction of sp³-hybridized carbons (Fsp3) is 0.400. The monoisotopic (exact) mass is 235 g/mol. The van der Waals surface area contributed by atoms with Gasteiger partial charge in [-0.05, 0) is 17.7 Å². The lowest BCUT2D eigenvalue weighted by atomic mass is 10.1. The van der Waals surface area contributed by atoms with Crippen LogP contribution in [-0.2, 0) is 4.74 Å². The molecule has 90 valence electrons. The second kappa shape index (κ2) is 5.18. The predicted octanol–water partition coefficient (Wildman–Crippen LogP) is 2.23. The molecule has 0 unspecified atom stereocenters. The van der Waals surface area contributed by atoms with Crippen molar-refractivity contribution >= 4 is 0 Å². The van der Waals surface area contributed by atoms with Crippen molar-refractivity contribution in [2.45, 2.75) is 12.4 Å². The van der Waals surface area contributed by atoms with Gasteiger partial charge in [-0.25, -0.2) is 0 Å². The molecule has 1 aromatic rings. The van der Waals surface area contributed by atoms with Gasteiger partial charge in [0.15, 0.2) is 0 Å². The molecule has 0 bridgehead atoms. The predicted molar refractivity (Wildman–Crippen MR) is 51.9 cm³/mol. The van der Waals surface area contributed by atoms with Crippen molar-refractivity contribution < 1.29 is 22.6 Å². The van der Waals surface area contributed by atoms with Crippen LogP contribution in [-0.4, -0.2) is 20.1 Å². The first-order chi connectivity index (χ1) is 7.42. The molecule has 0 aliphatic carbocycles. The molecule has 0 amide bonds. The van der Waals surface area contributed by atoms with Crippen LogP contribution in [0.25, 0.3) is 0 Å². The highest BCUT2D eigenvalue weighted by Gasteiger charge is 2.31. The highest BCUT2D eigenvalue weighted by Crippen LogP contribution is 2.24. The second-order valence-corrected chi connectivity index (χ2v) is 3.18. The fourth-order valence-corrected chi connectivity index (χ4v) is 1.22. The first-order valence-electron chi connectivity index (χ1n) is 4.52. The van der Waals surface area contributed by atoms with Crippen molar-refractivity contribution in [3.8, 4) is 5.75 Å². The van der Waals surface area contributed by atoms with E-state index < -0.39 is 12.4 Å². The van der Waals surface area contributed by atoms with Crippen molar-refractivity contribution in [3.63, 3.8) is 0 Å². The van der Waals surface area contributed by atoms with Crippen molar-refractivity contribution in [1.82, 2.24) is 0 Å². The molecular weight excluding hydrogens is 223 g/mol. The van der Waals surface area contributed by atoms with E-state index in [0.29, 0.717) is 5.56 Å². The van der Waals surface area contributed by atoms with Crippen LogP contribution in [0.2, 0.25) is 0 Å². The third kappa shape index (κ3) is 4.08. The summed E-state index contributed by atoms with van der Waals surface area (Å²) in [7, 11) is 1.47. The quantitative estimate of drug-likeness (QED) is 0.870. The van der Waals surface area contributed by atoms with E-state index in [1.54, 1.807) is 6.07 Å². The van der Waals surface area contributed by atoms with Crippen molar-refractivity contribution in [2.75, 3.05) is 13.7 Å². The lowest BCUT2D eigenvalue weighted by molar-refractivity contribution is -0.274. The zero-order chi connectivity index (χ0) is 12.2. The third-order valence-corrected chi connectivity index (χ3v) is 1.87. The maximum absolute atomic E-state index is 11.9. The number of benzene rings is 1. The zero-order valence-electron chi connectivity index (χ0n) is 8.62. The molecule has 1 atom stereocenters. The summed E-state index contributed by atoms with van der Waals surface area (Å²) < 4.78 is 44.4. The molecule has 0 fully saturated rings. The molecule has 2 N–H and O–H groups in total. The average Bonchev–Trinajstić information content (AvgIpc) is 2.16. The molecule has 0 aromatic heterocycles. The number of halogens is 3. The van der Waals surface area contributed by atoms with E-state index in [4.69, 9.17) is 10.5 Å². The van der Waals surface area contributed by atoms with E-state index in [1.807, 2.05) is 0 Å². The van der Waals surface area contributed by atoms with E-state index >= 15 is 0 Å². The van der Waals surface area contributed by atoms with Crippen LogP contribution in [0, 0.1) is 0 Å². The smallest absolute Gasteiger partial charge is 0.406 e. The molecule has 0 saturated carbocycles. The molecular formula is C10H12F3NO2. The molecule has 1 rings (SSSR count). The summed E-state index contributed by atoms with van der Waals surface area (Å²) in [6.45, 7) is 0.232. The molecule has 0 aliphatic heterocycles. The topological polar surface area (TPSA) is 44.5 Å². The Labute approximate surface area is 91.0 Å². The van der Waals surface area contributed by atoms with E-state index in [0.717, 1.165) is 0 Å².